The molecule has 9 rings (SSSR count). The molecule has 1 aromatic carbocycles. The number of thiophene rings is 1. The van der Waals surface area contributed by atoms with E-state index in [-0.39, 0.29) is 41.8 Å². The second kappa shape index (κ2) is 14.2. The average molecular weight is 770 g/mol. The van der Waals surface area contributed by atoms with Crippen LogP contribution in [0.5, 0.6) is 5.75 Å². The number of hydrogen-bond acceptors (Lipinski definition) is 7. The molecule has 4 saturated carbocycles. The molecule has 1 aromatic heterocycles. The molecule has 2 aromatic rings. The Hall–Kier alpha value is -2.94. The van der Waals surface area contributed by atoms with Crippen molar-refractivity contribution in [2.45, 2.75) is 123 Å². The summed E-state index contributed by atoms with van der Waals surface area (Å²) in [4.78, 5) is 32.5. The Morgan fingerprint density at radius 3 is 2.40 bits per heavy atom. The molecule has 0 radical (unpaired) electrons. The molecular formula is C47H63NO6S. The van der Waals surface area contributed by atoms with E-state index in [0.717, 1.165) is 56.9 Å². The van der Waals surface area contributed by atoms with Crippen molar-refractivity contribution in [2.24, 2.45) is 51.2 Å². The fraction of sp³-hybridized carbons (Fsp3) is 0.660. The number of aliphatic hydroxyl groups is 2. The highest BCUT2D eigenvalue weighted by Crippen LogP contribution is 2.78. The van der Waals surface area contributed by atoms with Gasteiger partial charge in [0.25, 0.3) is 0 Å². The third-order valence-corrected chi connectivity index (χ3v) is 17.4. The summed E-state index contributed by atoms with van der Waals surface area (Å²) < 4.78 is 11.9. The number of carbonyl (C=O) groups excluding carboxylic acids is 2. The van der Waals surface area contributed by atoms with Crippen LogP contribution in [0.15, 0.2) is 65.6 Å². The minimum Gasteiger partial charge on any atom is -0.497 e. The third-order valence-electron chi connectivity index (χ3n) is 16.4. The molecule has 2 spiro atoms. The van der Waals surface area contributed by atoms with Crippen LogP contribution < -0.4 is 4.74 Å². The van der Waals surface area contributed by atoms with Crippen molar-refractivity contribution in [1.29, 1.82) is 0 Å². The van der Waals surface area contributed by atoms with Gasteiger partial charge in [-0.3, -0.25) is 4.79 Å². The number of methoxy groups -OCH3 is 1. The van der Waals surface area contributed by atoms with Crippen molar-refractivity contribution < 1.29 is 29.3 Å². The highest BCUT2D eigenvalue weighted by molar-refractivity contribution is 7.09. The van der Waals surface area contributed by atoms with Crippen LogP contribution >= 0.6 is 11.3 Å². The number of benzene rings is 1. The molecule has 11 unspecified atom stereocenters. The van der Waals surface area contributed by atoms with Gasteiger partial charge in [-0.15, -0.1) is 11.3 Å². The van der Waals surface area contributed by atoms with Gasteiger partial charge in [-0.25, -0.2) is 4.79 Å². The highest BCUT2D eigenvalue weighted by atomic mass is 32.1. The number of allylic oxidation sites excluding steroid dienone is 4. The van der Waals surface area contributed by atoms with Crippen LogP contribution in [0, 0.1) is 51.2 Å². The minimum atomic E-state index is -1.17. The predicted octanol–water partition coefficient (Wildman–Crippen LogP) is 9.67. The lowest BCUT2D eigenvalue weighted by molar-refractivity contribution is -0.175. The standard InChI is InChI=1S/C47H63NO6S/c1-30(2)36-14-9-31(3)26-38(36)54-42(51)48(24-18-35-8-7-25-55-35)29-46(52)21-17-40-44(46,5)20-16-39-43(4)19-15-33(49)27-45(43)22-23-47(39,40)37(28-45)41(50)32-10-12-34(53-6)13-11-32/h7-8,10-13,22-23,25,28,30-31,33,36,38-40,49,52H,9,14-21,24,26-27,29H2,1-6H3. The number of fused-ring (bicyclic) bond motifs is 1. The summed E-state index contributed by atoms with van der Waals surface area (Å²) in [5.74, 6) is 2.19. The first-order chi connectivity index (χ1) is 26.2. The summed E-state index contributed by atoms with van der Waals surface area (Å²) in [6.45, 7) is 12.1. The Balaban J connectivity index is 1.15. The molecule has 8 heteroatoms. The Kier molecular flexibility index (Phi) is 10.0. The van der Waals surface area contributed by atoms with E-state index >= 15 is 0 Å². The van der Waals surface area contributed by atoms with Crippen molar-refractivity contribution in [3.05, 3.63) is 76.0 Å². The van der Waals surface area contributed by atoms with E-state index in [1.165, 1.54) is 4.88 Å². The zero-order chi connectivity index (χ0) is 39.0. The van der Waals surface area contributed by atoms with Crippen LogP contribution in [0.25, 0.3) is 0 Å². The fourth-order valence-corrected chi connectivity index (χ4v) is 13.9. The molecule has 2 N–H and O–H groups in total. The van der Waals surface area contributed by atoms with E-state index < -0.39 is 27.9 Å². The predicted molar refractivity (Wildman–Crippen MR) is 217 cm³/mol. The van der Waals surface area contributed by atoms with Crippen LogP contribution in [0.1, 0.15) is 114 Å². The van der Waals surface area contributed by atoms with E-state index in [0.29, 0.717) is 54.9 Å². The molecular weight excluding hydrogens is 707 g/mol. The topological polar surface area (TPSA) is 96.3 Å². The molecule has 7 aliphatic rings. The normalized spacial score (nSPS) is 40.2. The SMILES string of the molecule is COc1ccc(C(=O)C2=CC34C=CC25C(CCC2(C)C5CCC2(O)CN(CCc2cccs2)C(=O)OC2CC(C)CCC2C(C)C)C3(C)CCC(O)C4)cc1. The summed E-state index contributed by atoms with van der Waals surface area (Å²) in [7, 11) is 1.63. The Morgan fingerprint density at radius 2 is 1.69 bits per heavy atom. The van der Waals surface area contributed by atoms with Gasteiger partial charge in [-0.1, -0.05) is 65.3 Å². The first kappa shape index (κ1) is 38.9. The molecule has 2 bridgehead atoms. The number of hydrogen-bond donors (Lipinski definition) is 2. The third kappa shape index (κ3) is 6.09. The molecule has 1 heterocycles. The maximum Gasteiger partial charge on any atom is 0.410 e. The summed E-state index contributed by atoms with van der Waals surface area (Å²) >= 11 is 1.70. The molecule has 0 aliphatic heterocycles. The first-order valence-corrected chi connectivity index (χ1v) is 22.1. The van der Waals surface area contributed by atoms with Gasteiger partial charge in [0.15, 0.2) is 5.78 Å². The molecule has 298 valence electrons. The zero-order valence-corrected chi connectivity index (χ0v) is 34.7. The molecule has 4 fully saturated rings. The molecule has 7 nitrogen and oxygen atoms in total. The highest BCUT2D eigenvalue weighted by Gasteiger charge is 2.74. The number of ether oxygens (including phenoxy) is 2. The maximum absolute atomic E-state index is 15.0. The van der Waals surface area contributed by atoms with Crippen molar-refractivity contribution >= 4 is 23.2 Å². The van der Waals surface area contributed by atoms with Gasteiger partial charge in [0.1, 0.15) is 11.9 Å². The van der Waals surface area contributed by atoms with E-state index in [4.69, 9.17) is 9.47 Å². The van der Waals surface area contributed by atoms with Crippen molar-refractivity contribution in [3.8, 4) is 5.75 Å². The lowest BCUT2D eigenvalue weighted by Gasteiger charge is -2.71. The summed E-state index contributed by atoms with van der Waals surface area (Å²) in [5, 5.41) is 26.4. The smallest absolute Gasteiger partial charge is 0.410 e. The number of amides is 1. The number of nitrogens with zero attached hydrogens (tertiary/aromatic N) is 1. The van der Waals surface area contributed by atoms with Crippen LogP contribution in [-0.4, -0.2) is 65.0 Å². The number of ketones is 1. The van der Waals surface area contributed by atoms with Gasteiger partial charge in [0, 0.05) is 38.8 Å². The number of Topliss-reactive ketones (excluding diaryl/α,β-unsaturated/α-hetero) is 1. The van der Waals surface area contributed by atoms with Crippen LogP contribution in [0.4, 0.5) is 4.79 Å². The second-order valence-corrected chi connectivity index (χ2v) is 20.4. The Labute approximate surface area is 332 Å². The lowest BCUT2D eigenvalue weighted by Crippen LogP contribution is -2.67. The molecule has 11 atom stereocenters. The van der Waals surface area contributed by atoms with Gasteiger partial charge < -0.3 is 24.6 Å². The van der Waals surface area contributed by atoms with E-state index in [2.05, 4.69) is 70.4 Å². The number of rotatable bonds is 10. The quantitative estimate of drug-likeness (QED) is 0.185. The van der Waals surface area contributed by atoms with Gasteiger partial charge in [-0.2, -0.15) is 0 Å². The van der Waals surface area contributed by atoms with Crippen molar-refractivity contribution in [3.63, 3.8) is 0 Å². The van der Waals surface area contributed by atoms with Crippen LogP contribution in [-0.2, 0) is 11.2 Å². The molecule has 0 saturated heterocycles. The summed E-state index contributed by atoms with van der Waals surface area (Å²) in [6.07, 6.45) is 15.2. The summed E-state index contributed by atoms with van der Waals surface area (Å²) in [5.41, 5.74) is -1.35. The van der Waals surface area contributed by atoms with Gasteiger partial charge in [0.2, 0.25) is 0 Å². The fourth-order valence-electron chi connectivity index (χ4n) is 13.2. The minimum absolute atomic E-state index is 0.00453. The number of carbonyl (C=O) groups is 2. The Morgan fingerprint density at radius 1 is 0.964 bits per heavy atom. The monoisotopic (exact) mass is 769 g/mol. The number of aliphatic hydroxyl groups excluding tert-OH is 1. The lowest BCUT2D eigenvalue weighted by atomic mass is 9.32. The maximum atomic E-state index is 15.0. The Bertz CT molecular complexity index is 1820. The van der Waals surface area contributed by atoms with Crippen molar-refractivity contribution in [2.75, 3.05) is 20.2 Å². The summed E-state index contributed by atoms with van der Waals surface area (Å²) in [6, 6.07) is 11.6. The van der Waals surface area contributed by atoms with Gasteiger partial charge in [-0.05, 0) is 135 Å². The van der Waals surface area contributed by atoms with E-state index in [1.54, 1.807) is 18.4 Å². The first-order valence-electron chi connectivity index (χ1n) is 21.2. The molecule has 7 aliphatic carbocycles. The van der Waals surface area contributed by atoms with E-state index in [9.17, 15) is 19.8 Å². The average Bonchev–Trinajstić information content (AvgIpc) is 3.78. The van der Waals surface area contributed by atoms with Gasteiger partial charge >= 0.3 is 6.09 Å². The van der Waals surface area contributed by atoms with Gasteiger partial charge in [0.05, 0.1) is 25.4 Å². The van der Waals surface area contributed by atoms with Crippen molar-refractivity contribution in [1.82, 2.24) is 4.90 Å². The second-order valence-electron chi connectivity index (χ2n) is 19.4. The van der Waals surface area contributed by atoms with Crippen LogP contribution in [0.2, 0.25) is 0 Å². The zero-order valence-electron chi connectivity index (χ0n) is 33.9. The van der Waals surface area contributed by atoms with E-state index in [1.807, 2.05) is 29.2 Å². The van der Waals surface area contributed by atoms with Crippen LogP contribution in [0.3, 0.4) is 0 Å². The molecule has 55 heavy (non-hydrogen) atoms. The largest absolute Gasteiger partial charge is 0.497 e. The molecule has 1 amide bonds.